The lowest BCUT2D eigenvalue weighted by atomic mass is 9.99. The molecule has 0 aliphatic heterocycles. The zero-order valence-corrected chi connectivity index (χ0v) is 12.4. The predicted molar refractivity (Wildman–Crippen MR) is 79.2 cm³/mol. The fourth-order valence-corrected chi connectivity index (χ4v) is 3.43. The number of rotatable bonds is 5. The first-order valence-corrected chi connectivity index (χ1v) is 8.01. The highest BCUT2D eigenvalue weighted by molar-refractivity contribution is 7.09. The lowest BCUT2D eigenvalue weighted by Gasteiger charge is -2.20. The molecule has 1 aliphatic carbocycles. The van der Waals surface area contributed by atoms with E-state index in [-0.39, 0.29) is 0 Å². The van der Waals surface area contributed by atoms with Gasteiger partial charge >= 0.3 is 0 Å². The van der Waals surface area contributed by atoms with Crippen LogP contribution in [0.2, 0.25) is 0 Å². The van der Waals surface area contributed by atoms with Crippen molar-refractivity contribution in [3.05, 3.63) is 27.7 Å². The van der Waals surface area contributed by atoms with Gasteiger partial charge in [-0.2, -0.15) is 0 Å². The first-order chi connectivity index (χ1) is 8.79. The van der Waals surface area contributed by atoms with E-state index in [4.69, 9.17) is 0 Å². The Hall–Kier alpha value is -0.670. The molecule has 18 heavy (non-hydrogen) atoms. The summed E-state index contributed by atoms with van der Waals surface area (Å²) in [4.78, 5) is 4.60. The van der Waals surface area contributed by atoms with Crippen molar-refractivity contribution in [2.45, 2.75) is 58.4 Å². The van der Waals surface area contributed by atoms with Gasteiger partial charge < -0.3 is 5.32 Å². The molecule has 0 amide bonds. The molecule has 1 aromatic heterocycles. The fraction of sp³-hybridized carbons (Fsp3) is 0.667. The Labute approximate surface area is 115 Å². The zero-order chi connectivity index (χ0) is 12.8. The predicted octanol–water partition coefficient (Wildman–Crippen LogP) is 3.86. The highest BCUT2D eigenvalue weighted by atomic mass is 32.1. The van der Waals surface area contributed by atoms with Crippen LogP contribution in [0.5, 0.6) is 0 Å². The normalized spacial score (nSPS) is 18.2. The minimum atomic E-state index is 0.499. The Morgan fingerprint density at radius 3 is 3.00 bits per heavy atom. The summed E-state index contributed by atoms with van der Waals surface area (Å²) in [6.45, 7) is 5.30. The molecule has 1 N–H and O–H groups in total. The van der Waals surface area contributed by atoms with Crippen molar-refractivity contribution in [3.8, 4) is 0 Å². The number of hydrogen-bond donors (Lipinski definition) is 1. The highest BCUT2D eigenvalue weighted by Gasteiger charge is 2.16. The van der Waals surface area contributed by atoms with Crippen LogP contribution in [-0.2, 0) is 6.42 Å². The monoisotopic (exact) mass is 264 g/mol. The second kappa shape index (κ2) is 7.05. The SMILES string of the molecule is CCNC(Cc1nc(C)cs1)C1=CCCCCC1. The lowest BCUT2D eigenvalue weighted by Crippen LogP contribution is -2.32. The minimum absolute atomic E-state index is 0.499. The van der Waals surface area contributed by atoms with Crippen LogP contribution in [-0.4, -0.2) is 17.6 Å². The van der Waals surface area contributed by atoms with Crippen molar-refractivity contribution in [2.75, 3.05) is 6.54 Å². The van der Waals surface area contributed by atoms with E-state index in [0.29, 0.717) is 6.04 Å². The molecular formula is C15H24N2S. The van der Waals surface area contributed by atoms with Gasteiger partial charge in [0, 0.05) is 23.5 Å². The van der Waals surface area contributed by atoms with Gasteiger partial charge in [0.15, 0.2) is 0 Å². The fourth-order valence-electron chi connectivity index (χ4n) is 2.61. The van der Waals surface area contributed by atoms with E-state index in [9.17, 15) is 0 Å². The third-order valence-electron chi connectivity index (χ3n) is 3.52. The molecule has 1 heterocycles. The molecule has 3 heteroatoms. The molecule has 0 radical (unpaired) electrons. The molecule has 2 nitrogen and oxygen atoms in total. The van der Waals surface area contributed by atoms with Gasteiger partial charge in [0.25, 0.3) is 0 Å². The molecule has 0 saturated heterocycles. The number of thiazole rings is 1. The number of allylic oxidation sites excluding steroid dienone is 1. The van der Waals surface area contributed by atoms with Gasteiger partial charge in [0.05, 0.1) is 5.01 Å². The maximum atomic E-state index is 4.60. The van der Waals surface area contributed by atoms with Crippen molar-refractivity contribution in [1.29, 1.82) is 0 Å². The number of nitrogens with zero attached hydrogens (tertiary/aromatic N) is 1. The minimum Gasteiger partial charge on any atom is -0.310 e. The van der Waals surface area contributed by atoms with E-state index >= 15 is 0 Å². The maximum Gasteiger partial charge on any atom is 0.0946 e. The van der Waals surface area contributed by atoms with Crippen molar-refractivity contribution in [3.63, 3.8) is 0 Å². The molecule has 0 bridgehead atoms. The number of nitrogens with one attached hydrogen (secondary N) is 1. The summed E-state index contributed by atoms with van der Waals surface area (Å²) in [6, 6.07) is 0.499. The summed E-state index contributed by atoms with van der Waals surface area (Å²) in [6.07, 6.45) is 10.1. The molecule has 0 aromatic carbocycles. The van der Waals surface area contributed by atoms with E-state index < -0.39 is 0 Å². The summed E-state index contributed by atoms with van der Waals surface area (Å²) in [7, 11) is 0. The molecule has 1 atom stereocenters. The number of aromatic nitrogens is 1. The van der Waals surface area contributed by atoms with E-state index in [1.54, 1.807) is 16.9 Å². The van der Waals surface area contributed by atoms with Crippen LogP contribution in [0, 0.1) is 6.92 Å². The molecule has 0 spiro atoms. The van der Waals surface area contributed by atoms with Gasteiger partial charge in [-0.05, 0) is 39.2 Å². The largest absolute Gasteiger partial charge is 0.310 e. The molecule has 1 aliphatic rings. The smallest absolute Gasteiger partial charge is 0.0946 e. The van der Waals surface area contributed by atoms with E-state index in [1.165, 1.54) is 37.1 Å². The van der Waals surface area contributed by atoms with Crippen LogP contribution >= 0.6 is 11.3 Å². The third kappa shape index (κ3) is 3.92. The van der Waals surface area contributed by atoms with Crippen LogP contribution in [0.3, 0.4) is 0 Å². The summed E-state index contributed by atoms with van der Waals surface area (Å²) in [5.74, 6) is 0. The summed E-state index contributed by atoms with van der Waals surface area (Å²) in [5.41, 5.74) is 2.77. The Kier molecular flexibility index (Phi) is 5.39. The third-order valence-corrected chi connectivity index (χ3v) is 4.51. The van der Waals surface area contributed by atoms with Crippen LogP contribution in [0.1, 0.15) is 49.7 Å². The van der Waals surface area contributed by atoms with Crippen LogP contribution in [0.25, 0.3) is 0 Å². The molecule has 1 aromatic rings. The molecule has 0 fully saturated rings. The molecule has 100 valence electrons. The Bertz CT molecular complexity index is 395. The van der Waals surface area contributed by atoms with Gasteiger partial charge in [0.1, 0.15) is 0 Å². The Morgan fingerprint density at radius 2 is 2.28 bits per heavy atom. The maximum absolute atomic E-state index is 4.60. The van der Waals surface area contributed by atoms with Gasteiger partial charge in [-0.25, -0.2) is 4.98 Å². The summed E-state index contributed by atoms with van der Waals surface area (Å²) >= 11 is 1.79. The van der Waals surface area contributed by atoms with E-state index in [2.05, 4.69) is 35.6 Å². The van der Waals surface area contributed by atoms with Gasteiger partial charge in [-0.1, -0.05) is 25.0 Å². The van der Waals surface area contributed by atoms with Gasteiger partial charge in [0.2, 0.25) is 0 Å². The van der Waals surface area contributed by atoms with Gasteiger partial charge in [-0.15, -0.1) is 11.3 Å². The first kappa shape index (κ1) is 13.8. The Morgan fingerprint density at radius 1 is 1.39 bits per heavy atom. The van der Waals surface area contributed by atoms with Crippen molar-refractivity contribution < 1.29 is 0 Å². The van der Waals surface area contributed by atoms with E-state index in [0.717, 1.165) is 18.7 Å². The van der Waals surface area contributed by atoms with Crippen LogP contribution < -0.4 is 5.32 Å². The second-order valence-corrected chi connectivity index (χ2v) is 6.02. The second-order valence-electron chi connectivity index (χ2n) is 5.08. The standard InChI is InChI=1S/C15H24N2S/c1-3-16-14(10-15-17-12(2)11-18-15)13-8-6-4-5-7-9-13/h8,11,14,16H,3-7,9-10H2,1-2H3. The van der Waals surface area contributed by atoms with Gasteiger partial charge in [-0.3, -0.25) is 0 Å². The quantitative estimate of drug-likeness (QED) is 0.817. The summed E-state index contributed by atoms with van der Waals surface area (Å²) in [5, 5.41) is 7.06. The molecule has 0 saturated carbocycles. The zero-order valence-electron chi connectivity index (χ0n) is 11.5. The molecular weight excluding hydrogens is 240 g/mol. The first-order valence-electron chi connectivity index (χ1n) is 7.13. The van der Waals surface area contributed by atoms with E-state index in [1.807, 2.05) is 0 Å². The molecule has 1 unspecified atom stereocenters. The highest BCUT2D eigenvalue weighted by Crippen LogP contribution is 2.23. The average Bonchev–Trinajstić information content (AvgIpc) is 2.63. The topological polar surface area (TPSA) is 24.9 Å². The molecule has 2 rings (SSSR count). The van der Waals surface area contributed by atoms with Crippen LogP contribution in [0.15, 0.2) is 17.0 Å². The lowest BCUT2D eigenvalue weighted by molar-refractivity contribution is 0.560. The van der Waals surface area contributed by atoms with Crippen molar-refractivity contribution in [1.82, 2.24) is 10.3 Å². The Balaban J connectivity index is 2.04. The van der Waals surface area contributed by atoms with Crippen molar-refractivity contribution >= 4 is 11.3 Å². The number of hydrogen-bond acceptors (Lipinski definition) is 3. The average molecular weight is 264 g/mol. The number of likely N-dealkylation sites (N-methyl/N-ethyl adjacent to an activating group) is 1. The van der Waals surface area contributed by atoms with Crippen molar-refractivity contribution in [2.24, 2.45) is 0 Å². The van der Waals surface area contributed by atoms with Crippen LogP contribution in [0.4, 0.5) is 0 Å². The number of aryl methyl sites for hydroxylation is 1. The summed E-state index contributed by atoms with van der Waals surface area (Å²) < 4.78 is 0.